The number of nitrogens with one attached hydrogen (secondary N) is 1. The van der Waals surface area contributed by atoms with E-state index in [0.29, 0.717) is 11.3 Å². The lowest BCUT2D eigenvalue weighted by molar-refractivity contribution is -0.135. The number of carbonyl (C=O) groups is 2. The van der Waals surface area contributed by atoms with Gasteiger partial charge in [0.1, 0.15) is 5.70 Å². The molecule has 5 nitrogen and oxygen atoms in total. The molecule has 5 heteroatoms. The molecule has 2 aromatic rings. The number of piperidine rings is 1. The smallest absolute Gasteiger partial charge is 0.277 e. The predicted molar refractivity (Wildman–Crippen MR) is 112 cm³/mol. The van der Waals surface area contributed by atoms with Gasteiger partial charge in [0, 0.05) is 31.5 Å². The minimum absolute atomic E-state index is 0.280. The normalized spacial score (nSPS) is 18.2. The van der Waals surface area contributed by atoms with Crippen LogP contribution in [0.4, 0.5) is 11.4 Å². The summed E-state index contributed by atoms with van der Waals surface area (Å²) in [5.41, 5.74) is 3.49. The van der Waals surface area contributed by atoms with Crippen LogP contribution in [0, 0.1) is 5.92 Å². The van der Waals surface area contributed by atoms with Crippen molar-refractivity contribution in [3.63, 3.8) is 0 Å². The molecule has 1 fully saturated rings. The molecule has 0 saturated carbocycles. The van der Waals surface area contributed by atoms with Crippen molar-refractivity contribution < 1.29 is 9.59 Å². The van der Waals surface area contributed by atoms with Crippen LogP contribution in [0.15, 0.2) is 60.3 Å². The monoisotopic (exact) mass is 375 g/mol. The Labute approximate surface area is 165 Å². The highest BCUT2D eigenvalue weighted by Crippen LogP contribution is 2.30. The van der Waals surface area contributed by atoms with Crippen LogP contribution in [0.2, 0.25) is 0 Å². The van der Waals surface area contributed by atoms with Gasteiger partial charge in [0.15, 0.2) is 0 Å². The number of rotatable bonds is 4. The van der Waals surface area contributed by atoms with Gasteiger partial charge in [0.2, 0.25) is 0 Å². The standard InChI is InChI=1S/C23H25N3O2/c1-16-12-14-26(15-13-16)19-10-8-18(9-11-19)24-21-20(17-6-4-3-5-7-17)22(27)25(2)23(21)28/h3-11,16,24H,12-15H2,1-2H3. The Morgan fingerprint density at radius 1 is 0.893 bits per heavy atom. The third kappa shape index (κ3) is 3.40. The molecule has 0 radical (unpaired) electrons. The number of amides is 2. The van der Waals surface area contributed by atoms with Gasteiger partial charge in [-0.1, -0.05) is 37.3 Å². The Morgan fingerprint density at radius 3 is 2.18 bits per heavy atom. The number of imide groups is 1. The average Bonchev–Trinajstić information content (AvgIpc) is 2.94. The second kappa shape index (κ2) is 7.50. The van der Waals surface area contributed by atoms with E-state index in [0.717, 1.165) is 35.2 Å². The number of likely N-dealkylation sites (N-methyl/N-ethyl adjacent to an activating group) is 1. The van der Waals surface area contributed by atoms with Crippen LogP contribution in [0.3, 0.4) is 0 Å². The molecule has 2 aromatic carbocycles. The van der Waals surface area contributed by atoms with Crippen molar-refractivity contribution in [3.8, 4) is 0 Å². The number of hydrogen-bond acceptors (Lipinski definition) is 4. The number of benzene rings is 2. The summed E-state index contributed by atoms with van der Waals surface area (Å²) in [5.74, 6) is 0.208. The van der Waals surface area contributed by atoms with E-state index >= 15 is 0 Å². The van der Waals surface area contributed by atoms with Crippen LogP contribution in [-0.4, -0.2) is 36.9 Å². The SMILES string of the molecule is CC1CCN(c2ccc(NC3=C(c4ccccc4)C(=O)N(C)C3=O)cc2)CC1. The largest absolute Gasteiger partial charge is 0.372 e. The van der Waals surface area contributed by atoms with E-state index in [2.05, 4.69) is 29.3 Å². The summed E-state index contributed by atoms with van der Waals surface area (Å²) in [5, 5.41) is 3.19. The van der Waals surface area contributed by atoms with Crippen LogP contribution < -0.4 is 10.2 Å². The van der Waals surface area contributed by atoms with Crippen molar-refractivity contribution in [1.29, 1.82) is 0 Å². The van der Waals surface area contributed by atoms with E-state index < -0.39 is 0 Å². The molecule has 0 aliphatic carbocycles. The lowest BCUT2D eigenvalue weighted by Gasteiger charge is -2.32. The molecule has 0 unspecified atom stereocenters. The van der Waals surface area contributed by atoms with Gasteiger partial charge in [-0.2, -0.15) is 0 Å². The Bertz CT molecular complexity index is 911. The molecule has 28 heavy (non-hydrogen) atoms. The van der Waals surface area contributed by atoms with Gasteiger partial charge in [0.25, 0.3) is 11.8 Å². The fraction of sp³-hybridized carbons (Fsp3) is 0.304. The van der Waals surface area contributed by atoms with Gasteiger partial charge < -0.3 is 10.2 Å². The Balaban J connectivity index is 1.59. The highest BCUT2D eigenvalue weighted by atomic mass is 16.2. The van der Waals surface area contributed by atoms with E-state index in [1.807, 2.05) is 42.5 Å². The molecular formula is C23H25N3O2. The van der Waals surface area contributed by atoms with Gasteiger partial charge in [-0.3, -0.25) is 14.5 Å². The molecule has 1 N–H and O–H groups in total. The van der Waals surface area contributed by atoms with Crippen LogP contribution in [0.5, 0.6) is 0 Å². The maximum absolute atomic E-state index is 12.6. The van der Waals surface area contributed by atoms with Crippen LogP contribution in [-0.2, 0) is 9.59 Å². The minimum atomic E-state index is -0.307. The lowest BCUT2D eigenvalue weighted by atomic mass is 9.99. The van der Waals surface area contributed by atoms with Crippen molar-refractivity contribution in [2.24, 2.45) is 5.92 Å². The van der Waals surface area contributed by atoms with Gasteiger partial charge in [-0.25, -0.2) is 0 Å². The zero-order chi connectivity index (χ0) is 19.7. The van der Waals surface area contributed by atoms with Gasteiger partial charge in [0.05, 0.1) is 5.57 Å². The molecule has 0 atom stereocenters. The lowest BCUT2D eigenvalue weighted by Crippen LogP contribution is -2.32. The summed E-state index contributed by atoms with van der Waals surface area (Å²) in [7, 11) is 1.52. The first-order valence-corrected chi connectivity index (χ1v) is 9.78. The third-order valence-electron chi connectivity index (χ3n) is 5.63. The van der Waals surface area contributed by atoms with Crippen LogP contribution in [0.25, 0.3) is 5.57 Å². The fourth-order valence-electron chi connectivity index (χ4n) is 3.80. The molecule has 4 rings (SSSR count). The highest BCUT2D eigenvalue weighted by Gasteiger charge is 2.36. The Kier molecular flexibility index (Phi) is 4.90. The van der Waals surface area contributed by atoms with E-state index in [1.165, 1.54) is 25.6 Å². The van der Waals surface area contributed by atoms with Crippen molar-refractivity contribution in [3.05, 3.63) is 65.9 Å². The van der Waals surface area contributed by atoms with Gasteiger partial charge in [-0.15, -0.1) is 0 Å². The second-order valence-electron chi connectivity index (χ2n) is 7.63. The minimum Gasteiger partial charge on any atom is -0.372 e. The van der Waals surface area contributed by atoms with E-state index in [1.54, 1.807) is 0 Å². The van der Waals surface area contributed by atoms with Crippen molar-refractivity contribution >= 4 is 28.8 Å². The number of carbonyl (C=O) groups excluding carboxylic acids is 2. The van der Waals surface area contributed by atoms with Crippen molar-refractivity contribution in [2.45, 2.75) is 19.8 Å². The summed E-state index contributed by atoms with van der Waals surface area (Å²) in [4.78, 5) is 28.8. The van der Waals surface area contributed by atoms with E-state index in [-0.39, 0.29) is 11.8 Å². The molecule has 2 amide bonds. The van der Waals surface area contributed by atoms with Crippen molar-refractivity contribution in [2.75, 3.05) is 30.4 Å². The van der Waals surface area contributed by atoms with Crippen LogP contribution >= 0.6 is 0 Å². The summed E-state index contributed by atoms with van der Waals surface area (Å²) in [6.45, 7) is 4.46. The predicted octanol–water partition coefficient (Wildman–Crippen LogP) is 3.74. The number of nitrogens with zero attached hydrogens (tertiary/aromatic N) is 2. The molecule has 144 valence electrons. The van der Waals surface area contributed by atoms with Crippen molar-refractivity contribution in [1.82, 2.24) is 4.90 Å². The summed E-state index contributed by atoms with van der Waals surface area (Å²) < 4.78 is 0. The molecule has 2 aliphatic heterocycles. The summed E-state index contributed by atoms with van der Waals surface area (Å²) in [6.07, 6.45) is 2.44. The molecule has 0 spiro atoms. The summed E-state index contributed by atoms with van der Waals surface area (Å²) in [6, 6.07) is 17.4. The molecule has 2 aliphatic rings. The maximum atomic E-state index is 12.6. The van der Waals surface area contributed by atoms with E-state index in [4.69, 9.17) is 0 Å². The maximum Gasteiger partial charge on any atom is 0.277 e. The number of anilines is 2. The molecule has 0 aromatic heterocycles. The topological polar surface area (TPSA) is 52.7 Å². The quantitative estimate of drug-likeness (QED) is 0.827. The van der Waals surface area contributed by atoms with Crippen LogP contribution in [0.1, 0.15) is 25.3 Å². The Hall–Kier alpha value is -3.08. The van der Waals surface area contributed by atoms with Gasteiger partial charge >= 0.3 is 0 Å². The van der Waals surface area contributed by atoms with E-state index in [9.17, 15) is 9.59 Å². The van der Waals surface area contributed by atoms with Gasteiger partial charge in [-0.05, 0) is 48.6 Å². The molecular weight excluding hydrogens is 350 g/mol. The zero-order valence-corrected chi connectivity index (χ0v) is 16.3. The number of hydrogen-bond donors (Lipinski definition) is 1. The molecule has 0 bridgehead atoms. The Morgan fingerprint density at radius 2 is 1.54 bits per heavy atom. The molecule has 2 heterocycles. The average molecular weight is 375 g/mol. The second-order valence-corrected chi connectivity index (χ2v) is 7.63. The third-order valence-corrected chi connectivity index (χ3v) is 5.63. The molecule has 1 saturated heterocycles. The first kappa shape index (κ1) is 18.3. The first-order valence-electron chi connectivity index (χ1n) is 9.78. The fourth-order valence-corrected chi connectivity index (χ4v) is 3.80. The summed E-state index contributed by atoms with van der Waals surface area (Å²) >= 11 is 0. The highest BCUT2D eigenvalue weighted by molar-refractivity contribution is 6.36. The zero-order valence-electron chi connectivity index (χ0n) is 16.3. The first-order chi connectivity index (χ1) is 13.5.